The van der Waals surface area contributed by atoms with Gasteiger partial charge in [-0.3, -0.25) is 4.57 Å². The lowest BCUT2D eigenvalue weighted by atomic mass is 9.97. The van der Waals surface area contributed by atoms with E-state index in [0.29, 0.717) is 45.6 Å². The third kappa shape index (κ3) is 3.71. The van der Waals surface area contributed by atoms with Crippen LogP contribution >= 0.6 is 0 Å². The van der Waals surface area contributed by atoms with Crippen LogP contribution in [0.15, 0.2) is 4.79 Å². The second-order valence-corrected chi connectivity index (χ2v) is 8.21. The molecule has 0 radical (unpaired) electrons. The highest BCUT2D eigenvalue weighted by Gasteiger charge is 2.32. The molecule has 1 fully saturated rings. The molecule has 1 aromatic rings. The van der Waals surface area contributed by atoms with Crippen molar-refractivity contribution in [3.8, 4) is 0 Å². The van der Waals surface area contributed by atoms with Gasteiger partial charge in [0.15, 0.2) is 0 Å². The van der Waals surface area contributed by atoms with Crippen molar-refractivity contribution in [3.63, 3.8) is 0 Å². The van der Waals surface area contributed by atoms with Gasteiger partial charge in [0.2, 0.25) is 0 Å². The SMILES string of the molecule is CCn1c(C2CCN(S(=O)(=O)N(C)C)CC2)nn(CCOC)c1=O. The number of hydrogen-bond acceptors (Lipinski definition) is 5. The molecule has 0 saturated carbocycles. The highest BCUT2D eigenvalue weighted by Crippen LogP contribution is 2.27. The normalized spacial score (nSPS) is 17.7. The van der Waals surface area contributed by atoms with Gasteiger partial charge in [-0.1, -0.05) is 0 Å². The fourth-order valence-corrected chi connectivity index (χ4v) is 4.09. The van der Waals surface area contributed by atoms with Gasteiger partial charge in [0.1, 0.15) is 5.82 Å². The maximum absolute atomic E-state index is 12.4. The average Bonchev–Trinajstić information content (AvgIpc) is 2.88. The first-order valence-electron chi connectivity index (χ1n) is 8.17. The molecule has 0 atom stereocenters. The minimum absolute atomic E-state index is 0.0926. The molecule has 10 heteroatoms. The summed E-state index contributed by atoms with van der Waals surface area (Å²) >= 11 is 0. The second kappa shape index (κ2) is 7.77. The molecule has 2 rings (SSSR count). The van der Waals surface area contributed by atoms with Crippen molar-refractivity contribution >= 4 is 10.2 Å². The Morgan fingerprint density at radius 2 is 1.92 bits per heavy atom. The van der Waals surface area contributed by atoms with Gasteiger partial charge < -0.3 is 4.74 Å². The molecule has 0 spiro atoms. The van der Waals surface area contributed by atoms with Crippen LogP contribution in [0.1, 0.15) is 31.5 Å². The van der Waals surface area contributed by atoms with E-state index in [1.165, 1.54) is 27.4 Å². The van der Waals surface area contributed by atoms with Crippen molar-refractivity contribution in [2.24, 2.45) is 0 Å². The zero-order valence-electron chi connectivity index (χ0n) is 14.8. The van der Waals surface area contributed by atoms with E-state index in [0.717, 1.165) is 5.82 Å². The van der Waals surface area contributed by atoms with Crippen LogP contribution in [0.5, 0.6) is 0 Å². The average molecular weight is 361 g/mol. The quantitative estimate of drug-likeness (QED) is 0.665. The topological polar surface area (TPSA) is 89.7 Å². The number of methoxy groups -OCH3 is 1. The van der Waals surface area contributed by atoms with Gasteiger partial charge in [-0.15, -0.1) is 0 Å². The highest BCUT2D eigenvalue weighted by atomic mass is 32.2. The lowest BCUT2D eigenvalue weighted by molar-refractivity contribution is 0.182. The summed E-state index contributed by atoms with van der Waals surface area (Å²) in [6.45, 7) is 4.20. The number of piperidine rings is 1. The van der Waals surface area contributed by atoms with E-state index >= 15 is 0 Å². The summed E-state index contributed by atoms with van der Waals surface area (Å²) in [7, 11) is 1.28. The van der Waals surface area contributed by atoms with Crippen LogP contribution in [0.3, 0.4) is 0 Å². The van der Waals surface area contributed by atoms with Crippen molar-refractivity contribution in [1.29, 1.82) is 0 Å². The molecule has 1 aliphatic rings. The van der Waals surface area contributed by atoms with Crippen LogP contribution in [0.2, 0.25) is 0 Å². The van der Waals surface area contributed by atoms with Gasteiger partial charge >= 0.3 is 5.69 Å². The monoisotopic (exact) mass is 361 g/mol. The molecule has 0 unspecified atom stereocenters. The van der Waals surface area contributed by atoms with Gasteiger partial charge in [-0.2, -0.15) is 22.1 Å². The third-order valence-electron chi connectivity index (χ3n) is 4.38. The molecular weight excluding hydrogens is 334 g/mol. The smallest absolute Gasteiger partial charge is 0.345 e. The van der Waals surface area contributed by atoms with Crippen LogP contribution < -0.4 is 5.69 Å². The van der Waals surface area contributed by atoms with Crippen LogP contribution in [0, 0.1) is 0 Å². The van der Waals surface area contributed by atoms with Crippen LogP contribution in [0.4, 0.5) is 0 Å². The van der Waals surface area contributed by atoms with Crippen molar-refractivity contribution in [2.75, 3.05) is 40.9 Å². The van der Waals surface area contributed by atoms with E-state index in [1.807, 2.05) is 6.92 Å². The van der Waals surface area contributed by atoms with Gasteiger partial charge in [0, 0.05) is 46.8 Å². The Kier molecular flexibility index (Phi) is 6.18. The molecule has 0 N–H and O–H groups in total. The van der Waals surface area contributed by atoms with E-state index in [4.69, 9.17) is 4.74 Å². The zero-order valence-corrected chi connectivity index (χ0v) is 15.6. The summed E-state index contributed by atoms with van der Waals surface area (Å²) in [4.78, 5) is 12.4. The zero-order chi connectivity index (χ0) is 17.9. The molecule has 2 heterocycles. The summed E-state index contributed by atoms with van der Waals surface area (Å²) in [6, 6.07) is 0. The molecule has 0 amide bonds. The van der Waals surface area contributed by atoms with Gasteiger partial charge in [0.05, 0.1) is 13.2 Å². The molecule has 1 aliphatic heterocycles. The molecule has 138 valence electrons. The molecule has 1 aromatic heterocycles. The third-order valence-corrected chi connectivity index (χ3v) is 6.32. The highest BCUT2D eigenvalue weighted by molar-refractivity contribution is 7.86. The number of rotatable bonds is 7. The van der Waals surface area contributed by atoms with Crippen LogP contribution in [-0.4, -0.2) is 72.3 Å². The summed E-state index contributed by atoms with van der Waals surface area (Å²) in [5.41, 5.74) is -0.132. The van der Waals surface area contributed by atoms with Crippen LogP contribution in [-0.2, 0) is 28.0 Å². The Bertz CT molecular complexity index is 701. The lowest BCUT2D eigenvalue weighted by Crippen LogP contribution is -2.44. The molecule has 0 aliphatic carbocycles. The van der Waals surface area contributed by atoms with Crippen molar-refractivity contribution < 1.29 is 13.2 Å². The minimum atomic E-state index is -3.38. The summed E-state index contributed by atoms with van der Waals surface area (Å²) in [6.07, 6.45) is 1.32. The largest absolute Gasteiger partial charge is 0.383 e. The number of nitrogens with zero attached hydrogens (tertiary/aromatic N) is 5. The Balaban J connectivity index is 2.16. The fourth-order valence-electron chi connectivity index (χ4n) is 2.96. The standard InChI is InChI=1S/C14H27N5O4S/c1-5-18-13(15-19(14(18)20)10-11-23-4)12-6-8-17(9-7-12)24(21,22)16(2)3/h12H,5-11H2,1-4H3. The Morgan fingerprint density at radius 3 is 2.42 bits per heavy atom. The van der Waals surface area contributed by atoms with E-state index in [2.05, 4.69) is 5.10 Å². The van der Waals surface area contributed by atoms with E-state index in [1.54, 1.807) is 11.7 Å². The Morgan fingerprint density at radius 1 is 1.29 bits per heavy atom. The van der Waals surface area contributed by atoms with Crippen molar-refractivity contribution in [1.82, 2.24) is 23.0 Å². The second-order valence-electron chi connectivity index (χ2n) is 6.06. The fraction of sp³-hybridized carbons (Fsp3) is 0.857. The lowest BCUT2D eigenvalue weighted by Gasteiger charge is -2.32. The molecule has 0 bridgehead atoms. The Labute approximate surface area is 143 Å². The molecule has 9 nitrogen and oxygen atoms in total. The first-order chi connectivity index (χ1) is 11.3. The first-order valence-corrected chi connectivity index (χ1v) is 9.56. The number of ether oxygens (including phenoxy) is 1. The van der Waals surface area contributed by atoms with E-state index in [-0.39, 0.29) is 11.6 Å². The molecule has 24 heavy (non-hydrogen) atoms. The van der Waals surface area contributed by atoms with Crippen molar-refractivity contribution in [3.05, 3.63) is 16.3 Å². The van der Waals surface area contributed by atoms with E-state index in [9.17, 15) is 13.2 Å². The minimum Gasteiger partial charge on any atom is -0.383 e. The number of hydrogen-bond donors (Lipinski definition) is 0. The summed E-state index contributed by atoms with van der Waals surface area (Å²) in [5, 5.41) is 4.47. The molecule has 1 saturated heterocycles. The predicted octanol–water partition coefficient (Wildman–Crippen LogP) is -0.303. The summed E-state index contributed by atoms with van der Waals surface area (Å²) < 4.78 is 35.2. The maximum atomic E-state index is 12.4. The number of aromatic nitrogens is 3. The van der Waals surface area contributed by atoms with Crippen molar-refractivity contribution in [2.45, 2.75) is 38.8 Å². The van der Waals surface area contributed by atoms with Gasteiger partial charge in [-0.25, -0.2) is 9.48 Å². The summed E-state index contributed by atoms with van der Waals surface area (Å²) in [5.74, 6) is 0.843. The molecule has 0 aromatic carbocycles. The van der Waals surface area contributed by atoms with Gasteiger partial charge in [-0.05, 0) is 19.8 Å². The maximum Gasteiger partial charge on any atom is 0.345 e. The Hall–Kier alpha value is -1.23. The van der Waals surface area contributed by atoms with E-state index < -0.39 is 10.2 Å². The first kappa shape index (κ1) is 19.1. The predicted molar refractivity (Wildman–Crippen MR) is 90.2 cm³/mol. The molecular formula is C14H27N5O4S. The van der Waals surface area contributed by atoms with Crippen LogP contribution in [0.25, 0.3) is 0 Å². The van der Waals surface area contributed by atoms with Gasteiger partial charge in [0.25, 0.3) is 10.2 Å².